The SMILES string of the molecule is COc1cccc(C(=O)Cn2ccc(C)n2)c1. The number of Topliss-reactive ketones (excluding diaryl/α,β-unsaturated/α-hetero) is 1. The van der Waals surface area contributed by atoms with Crippen molar-refractivity contribution in [2.24, 2.45) is 0 Å². The summed E-state index contributed by atoms with van der Waals surface area (Å²) in [5.74, 6) is 0.708. The highest BCUT2D eigenvalue weighted by Gasteiger charge is 2.08. The van der Waals surface area contributed by atoms with E-state index < -0.39 is 0 Å². The summed E-state index contributed by atoms with van der Waals surface area (Å²) < 4.78 is 6.72. The molecular weight excluding hydrogens is 216 g/mol. The molecule has 0 radical (unpaired) electrons. The number of aromatic nitrogens is 2. The van der Waals surface area contributed by atoms with Gasteiger partial charge >= 0.3 is 0 Å². The monoisotopic (exact) mass is 230 g/mol. The Morgan fingerprint density at radius 2 is 2.24 bits per heavy atom. The van der Waals surface area contributed by atoms with Crippen molar-refractivity contribution in [3.8, 4) is 5.75 Å². The number of hydrogen-bond donors (Lipinski definition) is 0. The number of benzene rings is 1. The molecule has 0 bridgehead atoms. The highest BCUT2D eigenvalue weighted by Crippen LogP contribution is 2.13. The number of rotatable bonds is 4. The predicted molar refractivity (Wildman–Crippen MR) is 64.3 cm³/mol. The molecule has 1 heterocycles. The number of aryl methyl sites for hydroxylation is 1. The molecule has 1 aromatic heterocycles. The summed E-state index contributed by atoms with van der Waals surface area (Å²) in [4.78, 5) is 12.0. The van der Waals surface area contributed by atoms with E-state index in [0.717, 1.165) is 5.69 Å². The quantitative estimate of drug-likeness (QED) is 0.755. The second kappa shape index (κ2) is 4.82. The summed E-state index contributed by atoms with van der Waals surface area (Å²) >= 11 is 0. The molecule has 2 rings (SSSR count). The molecule has 2 aromatic rings. The molecule has 4 heteroatoms. The molecule has 0 aliphatic carbocycles. The van der Waals surface area contributed by atoms with E-state index in [4.69, 9.17) is 4.74 Å². The third-order valence-corrected chi connectivity index (χ3v) is 2.47. The summed E-state index contributed by atoms with van der Waals surface area (Å²) in [6.07, 6.45) is 1.80. The first-order valence-corrected chi connectivity index (χ1v) is 5.36. The predicted octanol–water partition coefficient (Wildman–Crippen LogP) is 2.08. The molecular formula is C13H14N2O2. The maximum absolute atomic E-state index is 12.0. The van der Waals surface area contributed by atoms with Crippen molar-refractivity contribution in [3.63, 3.8) is 0 Å². The van der Waals surface area contributed by atoms with Crippen LogP contribution in [0, 0.1) is 6.92 Å². The Morgan fingerprint density at radius 3 is 2.88 bits per heavy atom. The van der Waals surface area contributed by atoms with E-state index in [9.17, 15) is 4.79 Å². The summed E-state index contributed by atoms with van der Waals surface area (Å²) in [6, 6.07) is 9.01. The van der Waals surface area contributed by atoms with Gasteiger partial charge < -0.3 is 4.74 Å². The molecule has 17 heavy (non-hydrogen) atoms. The third kappa shape index (κ3) is 2.72. The number of ketones is 1. The van der Waals surface area contributed by atoms with Crippen LogP contribution in [0.25, 0.3) is 0 Å². The van der Waals surface area contributed by atoms with Gasteiger partial charge in [0.15, 0.2) is 5.78 Å². The van der Waals surface area contributed by atoms with Crippen LogP contribution in [0.15, 0.2) is 36.5 Å². The Labute approximate surface area is 99.8 Å². The fourth-order valence-electron chi connectivity index (χ4n) is 1.59. The lowest BCUT2D eigenvalue weighted by molar-refractivity contribution is 0.0967. The summed E-state index contributed by atoms with van der Waals surface area (Å²) in [5.41, 5.74) is 1.54. The topological polar surface area (TPSA) is 44.1 Å². The van der Waals surface area contributed by atoms with Crippen LogP contribution in [0.4, 0.5) is 0 Å². The van der Waals surface area contributed by atoms with Gasteiger partial charge in [0.2, 0.25) is 0 Å². The zero-order valence-corrected chi connectivity index (χ0v) is 9.88. The lowest BCUT2D eigenvalue weighted by Gasteiger charge is -2.04. The fraction of sp³-hybridized carbons (Fsp3) is 0.231. The van der Waals surface area contributed by atoms with Crippen molar-refractivity contribution in [2.75, 3.05) is 7.11 Å². The van der Waals surface area contributed by atoms with E-state index in [1.807, 2.05) is 19.1 Å². The van der Waals surface area contributed by atoms with Crippen LogP contribution >= 0.6 is 0 Å². The first-order chi connectivity index (χ1) is 8.19. The maximum atomic E-state index is 12.0. The van der Waals surface area contributed by atoms with Gasteiger partial charge in [-0.2, -0.15) is 5.10 Å². The van der Waals surface area contributed by atoms with Gasteiger partial charge in [0.05, 0.1) is 12.8 Å². The van der Waals surface area contributed by atoms with Crippen LogP contribution in [-0.2, 0) is 6.54 Å². The van der Waals surface area contributed by atoms with Crippen LogP contribution in [0.1, 0.15) is 16.1 Å². The molecule has 0 unspecified atom stereocenters. The number of nitrogens with zero attached hydrogens (tertiary/aromatic N) is 2. The van der Waals surface area contributed by atoms with Crippen LogP contribution in [0.2, 0.25) is 0 Å². The van der Waals surface area contributed by atoms with Gasteiger partial charge in [0.1, 0.15) is 12.3 Å². The number of methoxy groups -OCH3 is 1. The van der Waals surface area contributed by atoms with Gasteiger partial charge in [-0.3, -0.25) is 9.48 Å². The van der Waals surface area contributed by atoms with Crippen LogP contribution in [-0.4, -0.2) is 22.7 Å². The van der Waals surface area contributed by atoms with Gasteiger partial charge in [0.25, 0.3) is 0 Å². The zero-order valence-electron chi connectivity index (χ0n) is 9.88. The smallest absolute Gasteiger partial charge is 0.184 e. The van der Waals surface area contributed by atoms with Crippen molar-refractivity contribution in [1.29, 1.82) is 0 Å². The molecule has 0 saturated carbocycles. The standard InChI is InChI=1S/C13H14N2O2/c1-10-6-7-15(14-10)9-13(16)11-4-3-5-12(8-11)17-2/h3-8H,9H2,1-2H3. The van der Waals surface area contributed by atoms with Crippen molar-refractivity contribution in [1.82, 2.24) is 9.78 Å². The fourth-order valence-corrected chi connectivity index (χ4v) is 1.59. The molecule has 0 N–H and O–H groups in total. The Kier molecular flexibility index (Phi) is 3.23. The second-order valence-electron chi connectivity index (χ2n) is 3.81. The maximum Gasteiger partial charge on any atom is 0.184 e. The van der Waals surface area contributed by atoms with Crippen molar-refractivity contribution in [2.45, 2.75) is 13.5 Å². The van der Waals surface area contributed by atoms with Gasteiger partial charge in [-0.15, -0.1) is 0 Å². The molecule has 0 amide bonds. The summed E-state index contributed by atoms with van der Waals surface area (Å²) in [6.45, 7) is 2.15. The normalized spacial score (nSPS) is 10.2. The van der Waals surface area contributed by atoms with Crippen LogP contribution < -0.4 is 4.74 Å². The van der Waals surface area contributed by atoms with E-state index in [2.05, 4.69) is 5.10 Å². The van der Waals surface area contributed by atoms with E-state index in [0.29, 0.717) is 11.3 Å². The van der Waals surface area contributed by atoms with Crippen molar-refractivity contribution in [3.05, 3.63) is 47.8 Å². The molecule has 1 aromatic carbocycles. The Balaban J connectivity index is 2.14. The average molecular weight is 230 g/mol. The number of carbonyl (C=O) groups excluding carboxylic acids is 1. The molecule has 0 fully saturated rings. The van der Waals surface area contributed by atoms with E-state index >= 15 is 0 Å². The Morgan fingerprint density at radius 1 is 1.41 bits per heavy atom. The first kappa shape index (κ1) is 11.4. The van der Waals surface area contributed by atoms with Gasteiger partial charge in [-0.05, 0) is 25.1 Å². The summed E-state index contributed by atoms with van der Waals surface area (Å²) in [7, 11) is 1.58. The van der Waals surface area contributed by atoms with Crippen molar-refractivity contribution >= 4 is 5.78 Å². The highest BCUT2D eigenvalue weighted by molar-refractivity contribution is 5.96. The number of hydrogen-bond acceptors (Lipinski definition) is 3. The minimum absolute atomic E-state index is 0.0204. The first-order valence-electron chi connectivity index (χ1n) is 5.36. The van der Waals surface area contributed by atoms with Gasteiger partial charge in [0, 0.05) is 11.8 Å². The minimum atomic E-state index is 0.0204. The van der Waals surface area contributed by atoms with Gasteiger partial charge in [-0.1, -0.05) is 12.1 Å². The molecule has 88 valence electrons. The van der Waals surface area contributed by atoms with E-state index in [-0.39, 0.29) is 12.3 Å². The molecule has 0 spiro atoms. The zero-order chi connectivity index (χ0) is 12.3. The van der Waals surface area contributed by atoms with Crippen LogP contribution in [0.3, 0.4) is 0 Å². The van der Waals surface area contributed by atoms with E-state index in [1.54, 1.807) is 36.2 Å². The summed E-state index contributed by atoms with van der Waals surface area (Å²) in [5, 5.41) is 4.18. The minimum Gasteiger partial charge on any atom is -0.497 e. The lowest BCUT2D eigenvalue weighted by Crippen LogP contribution is -2.11. The van der Waals surface area contributed by atoms with E-state index in [1.165, 1.54) is 0 Å². The Hall–Kier alpha value is -2.10. The van der Waals surface area contributed by atoms with Crippen LogP contribution in [0.5, 0.6) is 5.75 Å². The second-order valence-corrected chi connectivity index (χ2v) is 3.81. The van der Waals surface area contributed by atoms with Crippen molar-refractivity contribution < 1.29 is 9.53 Å². The number of carbonyl (C=O) groups is 1. The molecule has 4 nitrogen and oxygen atoms in total. The molecule has 0 aliphatic heterocycles. The largest absolute Gasteiger partial charge is 0.497 e. The average Bonchev–Trinajstić information content (AvgIpc) is 2.75. The third-order valence-electron chi connectivity index (χ3n) is 2.47. The number of ether oxygens (including phenoxy) is 1. The lowest BCUT2D eigenvalue weighted by atomic mass is 10.1. The molecule has 0 aliphatic rings. The Bertz CT molecular complexity index is 532. The molecule has 0 saturated heterocycles. The molecule has 0 atom stereocenters. The van der Waals surface area contributed by atoms with Gasteiger partial charge in [-0.25, -0.2) is 0 Å². The highest BCUT2D eigenvalue weighted by atomic mass is 16.5.